The van der Waals surface area contributed by atoms with Gasteiger partial charge in [0.2, 0.25) is 0 Å². The molecule has 5 nitrogen and oxygen atoms in total. The molecule has 4 rings (SSSR count). The number of ketones is 1. The summed E-state index contributed by atoms with van der Waals surface area (Å²) < 4.78 is 10.6. The highest BCUT2D eigenvalue weighted by atomic mass is 16.6. The second-order valence-electron chi connectivity index (χ2n) is 9.35. The molecule has 5 heteroatoms. The van der Waals surface area contributed by atoms with Crippen molar-refractivity contribution in [1.29, 1.82) is 5.26 Å². The number of esters is 1. The Bertz CT molecular complexity index is 669. The van der Waals surface area contributed by atoms with Gasteiger partial charge in [0.05, 0.1) is 25.2 Å². The zero-order valence-electron chi connectivity index (χ0n) is 16.0. The second-order valence-corrected chi connectivity index (χ2v) is 9.35. The fourth-order valence-corrected chi connectivity index (χ4v) is 6.85. The summed E-state index contributed by atoms with van der Waals surface area (Å²) in [5.74, 6) is 0.774. The standard InChI is InChI=1S/C21H29NO4/c1-20-9-6-14(21(2)10-7-16-17(26-16)18(21)23)12(8-11-22)13(20)4-5-15(20)19(24)25-3/h12-17H,4-10H2,1-3H3/t12-,13-,14-,15+,16-,17-,20-,21+/m0/s1. The van der Waals surface area contributed by atoms with E-state index in [0.29, 0.717) is 12.3 Å². The van der Waals surface area contributed by atoms with E-state index in [4.69, 9.17) is 9.47 Å². The van der Waals surface area contributed by atoms with Crippen LogP contribution < -0.4 is 0 Å². The molecule has 0 aromatic heterocycles. The molecule has 0 aromatic rings. The van der Waals surface area contributed by atoms with E-state index >= 15 is 0 Å². The van der Waals surface area contributed by atoms with E-state index in [-0.39, 0.29) is 52.5 Å². The lowest BCUT2D eigenvalue weighted by molar-refractivity contribution is -0.154. The lowest BCUT2D eigenvalue weighted by Crippen LogP contribution is -2.52. The first-order chi connectivity index (χ1) is 12.4. The van der Waals surface area contributed by atoms with Gasteiger partial charge in [0, 0.05) is 11.8 Å². The largest absolute Gasteiger partial charge is 0.469 e. The molecule has 3 aliphatic carbocycles. The van der Waals surface area contributed by atoms with Crippen LogP contribution in [0.25, 0.3) is 0 Å². The Morgan fingerprint density at radius 3 is 2.69 bits per heavy atom. The summed E-state index contributed by atoms with van der Waals surface area (Å²) in [6.45, 7) is 4.32. The number of fused-ring (bicyclic) bond motifs is 2. The molecular formula is C21H29NO4. The van der Waals surface area contributed by atoms with Gasteiger partial charge in [-0.15, -0.1) is 0 Å². The van der Waals surface area contributed by atoms with Gasteiger partial charge in [-0.2, -0.15) is 5.26 Å². The zero-order valence-corrected chi connectivity index (χ0v) is 16.0. The molecule has 0 bridgehead atoms. The smallest absolute Gasteiger partial charge is 0.309 e. The molecule has 0 unspecified atom stereocenters. The molecule has 4 aliphatic rings. The van der Waals surface area contributed by atoms with Crippen LogP contribution in [0.4, 0.5) is 0 Å². The number of methoxy groups -OCH3 is 1. The van der Waals surface area contributed by atoms with Crippen molar-refractivity contribution in [2.24, 2.45) is 34.5 Å². The molecular weight excluding hydrogens is 330 g/mol. The van der Waals surface area contributed by atoms with Crippen LogP contribution in [0.2, 0.25) is 0 Å². The fraction of sp³-hybridized carbons (Fsp3) is 0.857. The number of hydrogen-bond acceptors (Lipinski definition) is 5. The highest BCUT2D eigenvalue weighted by Crippen LogP contribution is 2.64. The molecule has 1 heterocycles. The van der Waals surface area contributed by atoms with Gasteiger partial charge < -0.3 is 9.47 Å². The van der Waals surface area contributed by atoms with Crippen molar-refractivity contribution in [2.75, 3.05) is 7.11 Å². The topological polar surface area (TPSA) is 79.7 Å². The summed E-state index contributed by atoms with van der Waals surface area (Å²) in [6.07, 6.45) is 5.86. The maximum Gasteiger partial charge on any atom is 0.309 e. The summed E-state index contributed by atoms with van der Waals surface area (Å²) in [7, 11) is 1.46. The molecule has 1 saturated heterocycles. The van der Waals surface area contributed by atoms with E-state index in [1.807, 2.05) is 0 Å². The van der Waals surface area contributed by atoms with Gasteiger partial charge >= 0.3 is 5.97 Å². The normalized spacial score (nSPS) is 49.7. The van der Waals surface area contributed by atoms with Crippen molar-refractivity contribution in [3.05, 3.63) is 0 Å². The van der Waals surface area contributed by atoms with E-state index in [0.717, 1.165) is 38.5 Å². The quantitative estimate of drug-likeness (QED) is 0.571. The highest BCUT2D eigenvalue weighted by Gasteiger charge is 2.63. The summed E-state index contributed by atoms with van der Waals surface area (Å²) >= 11 is 0. The third kappa shape index (κ3) is 2.37. The monoisotopic (exact) mass is 359 g/mol. The molecule has 4 fully saturated rings. The number of ether oxygens (including phenoxy) is 2. The van der Waals surface area contributed by atoms with Crippen LogP contribution in [-0.4, -0.2) is 31.1 Å². The summed E-state index contributed by atoms with van der Waals surface area (Å²) in [5, 5.41) is 9.52. The predicted octanol–water partition coefficient (Wildman–Crippen LogP) is 3.27. The molecule has 26 heavy (non-hydrogen) atoms. The maximum absolute atomic E-state index is 13.0. The van der Waals surface area contributed by atoms with Gasteiger partial charge in [-0.3, -0.25) is 9.59 Å². The third-order valence-corrected chi connectivity index (χ3v) is 8.42. The molecule has 1 aliphatic heterocycles. The van der Waals surface area contributed by atoms with Crippen molar-refractivity contribution in [2.45, 2.75) is 71.0 Å². The first-order valence-corrected chi connectivity index (χ1v) is 10.0. The fourth-order valence-electron chi connectivity index (χ4n) is 6.85. The Kier molecular flexibility index (Phi) is 4.19. The molecule has 0 radical (unpaired) electrons. The van der Waals surface area contributed by atoms with E-state index in [9.17, 15) is 14.9 Å². The third-order valence-electron chi connectivity index (χ3n) is 8.42. The Labute approximate surface area is 155 Å². The van der Waals surface area contributed by atoms with Crippen molar-refractivity contribution in [3.8, 4) is 6.07 Å². The Hall–Kier alpha value is -1.41. The van der Waals surface area contributed by atoms with Crippen LogP contribution in [0.1, 0.15) is 58.8 Å². The SMILES string of the molecule is COC(=O)[C@H]1CC[C@H]2[C@H](CC#N)[C@@H]([C@@]3(C)CC[C@@H]4O[C@@H]4C3=O)CC[C@]12C. The molecule has 3 saturated carbocycles. The minimum atomic E-state index is -0.385. The number of nitrogens with zero attached hydrogens (tertiary/aromatic N) is 1. The number of epoxide rings is 1. The maximum atomic E-state index is 13.0. The molecule has 8 atom stereocenters. The number of nitriles is 1. The van der Waals surface area contributed by atoms with Gasteiger partial charge in [-0.1, -0.05) is 13.8 Å². The van der Waals surface area contributed by atoms with Crippen LogP contribution in [0.15, 0.2) is 0 Å². The highest BCUT2D eigenvalue weighted by molar-refractivity contribution is 5.92. The Morgan fingerprint density at radius 1 is 1.23 bits per heavy atom. The minimum Gasteiger partial charge on any atom is -0.469 e. The second kappa shape index (κ2) is 6.05. The Morgan fingerprint density at radius 2 is 2.00 bits per heavy atom. The molecule has 0 N–H and O–H groups in total. The van der Waals surface area contributed by atoms with Crippen LogP contribution >= 0.6 is 0 Å². The van der Waals surface area contributed by atoms with Crippen molar-refractivity contribution in [3.63, 3.8) is 0 Å². The minimum absolute atomic E-state index is 0.0781. The number of hydrogen-bond donors (Lipinski definition) is 0. The average molecular weight is 359 g/mol. The number of Topliss-reactive ketones (excluding diaryl/α,β-unsaturated/α-hetero) is 1. The molecule has 0 amide bonds. The van der Waals surface area contributed by atoms with Crippen LogP contribution in [0.3, 0.4) is 0 Å². The van der Waals surface area contributed by atoms with Crippen molar-refractivity contribution < 1.29 is 19.1 Å². The first kappa shape index (κ1) is 18.0. The Balaban J connectivity index is 1.64. The van der Waals surface area contributed by atoms with E-state index in [1.165, 1.54) is 7.11 Å². The predicted molar refractivity (Wildman–Crippen MR) is 93.8 cm³/mol. The zero-order chi connectivity index (χ0) is 18.7. The van der Waals surface area contributed by atoms with Crippen LogP contribution in [0, 0.1) is 45.8 Å². The lowest BCUT2D eigenvalue weighted by atomic mass is 9.50. The summed E-state index contributed by atoms with van der Waals surface area (Å²) in [4.78, 5) is 25.4. The van der Waals surface area contributed by atoms with Gasteiger partial charge in [-0.25, -0.2) is 0 Å². The first-order valence-electron chi connectivity index (χ1n) is 10.0. The molecule has 0 aromatic carbocycles. The summed E-state index contributed by atoms with van der Waals surface area (Å²) in [5.41, 5.74) is -0.498. The molecule has 142 valence electrons. The van der Waals surface area contributed by atoms with Gasteiger partial charge in [0.25, 0.3) is 0 Å². The van der Waals surface area contributed by atoms with Crippen molar-refractivity contribution >= 4 is 11.8 Å². The van der Waals surface area contributed by atoms with Gasteiger partial charge in [0.1, 0.15) is 6.10 Å². The van der Waals surface area contributed by atoms with Crippen molar-refractivity contribution in [1.82, 2.24) is 0 Å². The number of rotatable bonds is 3. The number of carbonyl (C=O) groups is 2. The van der Waals surface area contributed by atoms with Crippen LogP contribution in [0.5, 0.6) is 0 Å². The van der Waals surface area contributed by atoms with E-state index in [2.05, 4.69) is 19.9 Å². The number of carbonyl (C=O) groups excluding carboxylic acids is 2. The van der Waals surface area contributed by atoms with E-state index < -0.39 is 0 Å². The van der Waals surface area contributed by atoms with Gasteiger partial charge in [0.15, 0.2) is 5.78 Å². The van der Waals surface area contributed by atoms with E-state index in [1.54, 1.807) is 0 Å². The van der Waals surface area contributed by atoms with Gasteiger partial charge in [-0.05, 0) is 61.7 Å². The average Bonchev–Trinajstić information content (AvgIpc) is 3.33. The van der Waals surface area contributed by atoms with Crippen LogP contribution in [-0.2, 0) is 19.1 Å². The molecule has 0 spiro atoms. The summed E-state index contributed by atoms with van der Waals surface area (Å²) in [6, 6.07) is 2.39. The lowest BCUT2D eigenvalue weighted by Gasteiger charge is -2.53.